The Morgan fingerprint density at radius 3 is 2.19 bits per heavy atom. The molecule has 0 spiro atoms. The molecule has 0 radical (unpaired) electrons. The molecule has 16 heavy (non-hydrogen) atoms. The van der Waals surface area contributed by atoms with E-state index in [4.69, 9.17) is 14.3 Å². The summed E-state index contributed by atoms with van der Waals surface area (Å²) in [5.41, 5.74) is 3.68. The Morgan fingerprint density at radius 1 is 1.19 bits per heavy atom. The fourth-order valence-electron chi connectivity index (χ4n) is 1.29. The van der Waals surface area contributed by atoms with Crippen LogP contribution in [0.5, 0.6) is 17.2 Å². The van der Waals surface area contributed by atoms with E-state index in [0.717, 1.165) is 5.56 Å². The molecule has 0 unspecified atom stereocenters. The summed E-state index contributed by atoms with van der Waals surface area (Å²) in [4.78, 5) is 5.02. The normalized spacial score (nSPS) is 10.2. The van der Waals surface area contributed by atoms with Gasteiger partial charge in [-0.05, 0) is 24.6 Å². The van der Waals surface area contributed by atoms with Crippen molar-refractivity contribution in [2.45, 2.75) is 13.5 Å². The highest BCUT2D eigenvalue weighted by atomic mass is 16.6. The average Bonchev–Trinajstić information content (AvgIpc) is 2.31. The predicted molar refractivity (Wildman–Crippen MR) is 59.7 cm³/mol. The standard InChI is InChI=1S/C11H17NO4/c1-4-16-12-7-8-5-9(14-2)11(13)10(6-8)15-3/h5-6,12-13H,4,7H2,1-3H3. The molecule has 1 rings (SSSR count). The summed E-state index contributed by atoms with van der Waals surface area (Å²) >= 11 is 0. The van der Waals surface area contributed by atoms with Crippen LogP contribution >= 0.6 is 0 Å². The van der Waals surface area contributed by atoms with E-state index in [1.807, 2.05) is 6.92 Å². The lowest BCUT2D eigenvalue weighted by atomic mass is 10.2. The van der Waals surface area contributed by atoms with Gasteiger partial charge in [0.25, 0.3) is 0 Å². The van der Waals surface area contributed by atoms with Crippen molar-refractivity contribution in [3.8, 4) is 17.2 Å². The van der Waals surface area contributed by atoms with Gasteiger partial charge in [0.15, 0.2) is 11.5 Å². The van der Waals surface area contributed by atoms with Crippen LogP contribution in [0, 0.1) is 0 Å². The molecule has 0 aliphatic rings. The molecule has 1 aromatic carbocycles. The Bertz CT molecular complexity index is 316. The predicted octanol–water partition coefficient (Wildman–Crippen LogP) is 1.45. The second kappa shape index (κ2) is 6.19. The number of hydrogen-bond donors (Lipinski definition) is 2. The minimum absolute atomic E-state index is 0.00478. The summed E-state index contributed by atoms with van der Waals surface area (Å²) < 4.78 is 10.1. The molecule has 5 nitrogen and oxygen atoms in total. The lowest BCUT2D eigenvalue weighted by Crippen LogP contribution is -2.13. The first-order valence-electron chi connectivity index (χ1n) is 5.01. The summed E-state index contributed by atoms with van der Waals surface area (Å²) in [7, 11) is 2.99. The van der Waals surface area contributed by atoms with Crippen molar-refractivity contribution in [2.75, 3.05) is 20.8 Å². The van der Waals surface area contributed by atoms with Crippen LogP contribution in [0.2, 0.25) is 0 Å². The summed E-state index contributed by atoms with van der Waals surface area (Å²) in [6.45, 7) is 3.00. The maximum absolute atomic E-state index is 9.68. The molecular formula is C11H17NO4. The maximum Gasteiger partial charge on any atom is 0.200 e. The molecule has 5 heteroatoms. The van der Waals surface area contributed by atoms with Gasteiger partial charge in [-0.25, -0.2) is 0 Å². The van der Waals surface area contributed by atoms with Gasteiger partial charge in [0, 0.05) is 6.54 Å². The van der Waals surface area contributed by atoms with Crippen LogP contribution in [0.25, 0.3) is 0 Å². The summed E-state index contributed by atoms with van der Waals surface area (Å²) in [6, 6.07) is 3.45. The zero-order valence-electron chi connectivity index (χ0n) is 9.74. The summed E-state index contributed by atoms with van der Waals surface area (Å²) in [6.07, 6.45) is 0. The second-order valence-electron chi connectivity index (χ2n) is 3.10. The van der Waals surface area contributed by atoms with Gasteiger partial charge in [-0.15, -0.1) is 0 Å². The van der Waals surface area contributed by atoms with E-state index in [0.29, 0.717) is 24.7 Å². The summed E-state index contributed by atoms with van der Waals surface area (Å²) in [5, 5.41) is 9.68. The number of hydroxylamine groups is 1. The number of phenolic OH excluding ortho intramolecular Hbond substituents is 1. The van der Waals surface area contributed by atoms with E-state index in [-0.39, 0.29) is 5.75 Å². The minimum atomic E-state index is 0.00478. The first-order valence-corrected chi connectivity index (χ1v) is 5.01. The Labute approximate surface area is 94.9 Å². The molecule has 0 aliphatic carbocycles. The fourth-order valence-corrected chi connectivity index (χ4v) is 1.29. The highest BCUT2D eigenvalue weighted by Crippen LogP contribution is 2.36. The molecule has 0 atom stereocenters. The van der Waals surface area contributed by atoms with Gasteiger partial charge in [0.1, 0.15) is 0 Å². The molecule has 2 N–H and O–H groups in total. The van der Waals surface area contributed by atoms with Crippen LogP contribution in [-0.2, 0) is 11.4 Å². The third-order valence-corrected chi connectivity index (χ3v) is 2.06. The Kier molecular flexibility index (Phi) is 4.88. The van der Waals surface area contributed by atoms with E-state index >= 15 is 0 Å². The van der Waals surface area contributed by atoms with Crippen LogP contribution in [0.1, 0.15) is 12.5 Å². The van der Waals surface area contributed by atoms with Crippen molar-refractivity contribution in [2.24, 2.45) is 0 Å². The third kappa shape index (κ3) is 3.01. The zero-order chi connectivity index (χ0) is 12.0. The molecule has 0 amide bonds. The Hall–Kier alpha value is -1.46. The van der Waals surface area contributed by atoms with Crippen molar-refractivity contribution >= 4 is 0 Å². The quantitative estimate of drug-likeness (QED) is 0.569. The van der Waals surface area contributed by atoms with Crippen molar-refractivity contribution in [1.82, 2.24) is 5.48 Å². The first-order chi connectivity index (χ1) is 7.72. The SMILES string of the molecule is CCONCc1cc(OC)c(O)c(OC)c1. The van der Waals surface area contributed by atoms with E-state index in [2.05, 4.69) is 5.48 Å². The van der Waals surface area contributed by atoms with Gasteiger partial charge in [-0.1, -0.05) is 0 Å². The number of rotatable bonds is 6. The topological polar surface area (TPSA) is 60.0 Å². The lowest BCUT2D eigenvalue weighted by molar-refractivity contribution is 0.0462. The molecule has 90 valence electrons. The van der Waals surface area contributed by atoms with Crippen LogP contribution in [0.3, 0.4) is 0 Å². The van der Waals surface area contributed by atoms with E-state index in [1.165, 1.54) is 14.2 Å². The van der Waals surface area contributed by atoms with Crippen molar-refractivity contribution in [3.63, 3.8) is 0 Å². The van der Waals surface area contributed by atoms with Crippen LogP contribution in [0.4, 0.5) is 0 Å². The van der Waals surface area contributed by atoms with E-state index < -0.39 is 0 Å². The molecule has 0 fully saturated rings. The lowest BCUT2D eigenvalue weighted by Gasteiger charge is -2.11. The molecular weight excluding hydrogens is 210 g/mol. The number of benzene rings is 1. The fraction of sp³-hybridized carbons (Fsp3) is 0.455. The van der Waals surface area contributed by atoms with Crippen molar-refractivity contribution in [1.29, 1.82) is 0 Å². The van der Waals surface area contributed by atoms with Crippen LogP contribution < -0.4 is 15.0 Å². The van der Waals surface area contributed by atoms with E-state index in [1.54, 1.807) is 12.1 Å². The van der Waals surface area contributed by atoms with Crippen LogP contribution in [-0.4, -0.2) is 25.9 Å². The molecule has 0 heterocycles. The number of hydrogen-bond acceptors (Lipinski definition) is 5. The van der Waals surface area contributed by atoms with Crippen molar-refractivity contribution < 1.29 is 19.4 Å². The number of nitrogens with one attached hydrogen (secondary N) is 1. The van der Waals surface area contributed by atoms with Gasteiger partial charge in [-0.2, -0.15) is 5.48 Å². The molecule has 0 bridgehead atoms. The smallest absolute Gasteiger partial charge is 0.200 e. The van der Waals surface area contributed by atoms with Crippen molar-refractivity contribution in [3.05, 3.63) is 17.7 Å². The monoisotopic (exact) mass is 227 g/mol. The number of phenols is 1. The largest absolute Gasteiger partial charge is 0.502 e. The van der Waals surface area contributed by atoms with Gasteiger partial charge >= 0.3 is 0 Å². The Balaban J connectivity index is 2.84. The highest BCUT2D eigenvalue weighted by molar-refractivity contribution is 5.52. The average molecular weight is 227 g/mol. The minimum Gasteiger partial charge on any atom is -0.502 e. The molecule has 0 aromatic heterocycles. The van der Waals surface area contributed by atoms with Gasteiger partial charge < -0.3 is 19.4 Å². The molecule has 0 saturated heterocycles. The van der Waals surface area contributed by atoms with Gasteiger partial charge in [0.2, 0.25) is 5.75 Å². The van der Waals surface area contributed by atoms with E-state index in [9.17, 15) is 5.11 Å². The maximum atomic E-state index is 9.68. The highest BCUT2D eigenvalue weighted by Gasteiger charge is 2.10. The van der Waals surface area contributed by atoms with Gasteiger partial charge in [0.05, 0.1) is 20.8 Å². The molecule has 0 saturated carbocycles. The zero-order valence-corrected chi connectivity index (χ0v) is 9.74. The van der Waals surface area contributed by atoms with Crippen LogP contribution in [0.15, 0.2) is 12.1 Å². The summed E-state index contributed by atoms with van der Waals surface area (Å²) in [5.74, 6) is 0.769. The van der Waals surface area contributed by atoms with Gasteiger partial charge in [-0.3, -0.25) is 0 Å². The molecule has 0 aliphatic heterocycles. The first kappa shape index (κ1) is 12.6. The number of aromatic hydroxyl groups is 1. The number of methoxy groups -OCH3 is 2. The molecule has 1 aromatic rings. The second-order valence-corrected chi connectivity index (χ2v) is 3.10. The third-order valence-electron chi connectivity index (χ3n) is 2.06. The number of ether oxygens (including phenoxy) is 2. The Morgan fingerprint density at radius 2 is 1.75 bits per heavy atom.